The van der Waals surface area contributed by atoms with E-state index >= 15 is 0 Å². The molecule has 3 unspecified atom stereocenters. The Kier molecular flexibility index (Phi) is 4.97. The van der Waals surface area contributed by atoms with Crippen LogP contribution in [0.15, 0.2) is 18.2 Å². The van der Waals surface area contributed by atoms with Crippen molar-refractivity contribution in [2.45, 2.75) is 63.8 Å². The molecule has 7 heteroatoms. The van der Waals surface area contributed by atoms with Gasteiger partial charge in [-0.25, -0.2) is 0 Å². The van der Waals surface area contributed by atoms with Crippen molar-refractivity contribution in [3.05, 3.63) is 34.9 Å². The monoisotopic (exact) mass is 370 g/mol. The largest absolute Gasteiger partial charge is 0.322 e. The molecule has 1 aromatic carbocycles. The third-order valence-corrected chi connectivity index (χ3v) is 5.88. The molecule has 3 aliphatic rings. The van der Waals surface area contributed by atoms with Crippen LogP contribution < -0.4 is 16.0 Å². The van der Waals surface area contributed by atoms with Crippen molar-refractivity contribution < 1.29 is 14.4 Å². The highest BCUT2D eigenvalue weighted by atomic mass is 16.2. The van der Waals surface area contributed by atoms with Gasteiger partial charge >= 0.3 is 0 Å². The summed E-state index contributed by atoms with van der Waals surface area (Å²) in [6, 6.07) is 6.22. The van der Waals surface area contributed by atoms with Crippen molar-refractivity contribution in [3.63, 3.8) is 0 Å². The lowest BCUT2D eigenvalue weighted by atomic mass is 9.99. The van der Waals surface area contributed by atoms with E-state index < -0.39 is 6.04 Å². The van der Waals surface area contributed by atoms with Gasteiger partial charge in [0.1, 0.15) is 6.04 Å². The summed E-state index contributed by atoms with van der Waals surface area (Å²) in [6.45, 7) is 4.37. The molecule has 3 amide bonds. The van der Waals surface area contributed by atoms with Gasteiger partial charge in [0.15, 0.2) is 0 Å². The molecule has 4 rings (SSSR count). The fourth-order valence-corrected chi connectivity index (χ4v) is 4.39. The summed E-state index contributed by atoms with van der Waals surface area (Å²) in [4.78, 5) is 38.1. The fraction of sp³-hybridized carbons (Fsp3) is 0.550. The first-order valence-corrected chi connectivity index (χ1v) is 9.75. The third-order valence-electron chi connectivity index (χ3n) is 5.88. The van der Waals surface area contributed by atoms with Gasteiger partial charge in [0, 0.05) is 37.2 Å². The summed E-state index contributed by atoms with van der Waals surface area (Å²) in [7, 11) is 0. The molecule has 3 heterocycles. The van der Waals surface area contributed by atoms with Gasteiger partial charge in [-0.05, 0) is 49.9 Å². The third kappa shape index (κ3) is 3.61. The number of amides is 3. The van der Waals surface area contributed by atoms with Gasteiger partial charge in [-0.1, -0.05) is 12.1 Å². The Labute approximate surface area is 158 Å². The van der Waals surface area contributed by atoms with E-state index in [1.54, 1.807) is 4.90 Å². The number of hydrogen-bond donors (Lipinski definition) is 3. The second-order valence-corrected chi connectivity index (χ2v) is 7.80. The van der Waals surface area contributed by atoms with Gasteiger partial charge in [0.25, 0.3) is 5.91 Å². The van der Waals surface area contributed by atoms with E-state index in [0.717, 1.165) is 37.1 Å². The Morgan fingerprint density at radius 2 is 2.07 bits per heavy atom. The van der Waals surface area contributed by atoms with E-state index in [4.69, 9.17) is 0 Å². The highest BCUT2D eigenvalue weighted by Crippen LogP contribution is 2.30. The predicted octanol–water partition coefficient (Wildman–Crippen LogP) is 0.678. The first kappa shape index (κ1) is 18.1. The molecule has 144 valence electrons. The van der Waals surface area contributed by atoms with Gasteiger partial charge in [0.2, 0.25) is 11.8 Å². The number of imide groups is 1. The molecule has 3 N–H and O–H groups in total. The maximum absolute atomic E-state index is 12.9. The molecule has 2 saturated heterocycles. The van der Waals surface area contributed by atoms with E-state index in [-0.39, 0.29) is 24.1 Å². The molecule has 0 aromatic heterocycles. The number of benzene rings is 1. The van der Waals surface area contributed by atoms with Crippen molar-refractivity contribution in [1.29, 1.82) is 0 Å². The second kappa shape index (κ2) is 7.40. The average molecular weight is 370 g/mol. The van der Waals surface area contributed by atoms with Crippen molar-refractivity contribution in [1.82, 2.24) is 20.9 Å². The smallest absolute Gasteiger partial charge is 0.255 e. The van der Waals surface area contributed by atoms with Crippen molar-refractivity contribution in [3.8, 4) is 0 Å². The first-order valence-electron chi connectivity index (χ1n) is 9.75. The van der Waals surface area contributed by atoms with Crippen LogP contribution in [0.1, 0.15) is 54.1 Å². The Morgan fingerprint density at radius 1 is 1.22 bits per heavy atom. The van der Waals surface area contributed by atoms with E-state index in [9.17, 15) is 14.4 Å². The minimum Gasteiger partial charge on any atom is -0.322 e. The van der Waals surface area contributed by atoms with E-state index in [0.29, 0.717) is 30.6 Å². The van der Waals surface area contributed by atoms with Crippen LogP contribution in [0.3, 0.4) is 0 Å². The maximum atomic E-state index is 12.9. The minimum absolute atomic E-state index is 0.114. The molecule has 3 aliphatic heterocycles. The van der Waals surface area contributed by atoms with Crippen molar-refractivity contribution >= 4 is 17.7 Å². The number of rotatable bonds is 4. The van der Waals surface area contributed by atoms with Crippen LogP contribution in [0, 0.1) is 0 Å². The molecular weight excluding hydrogens is 344 g/mol. The zero-order chi connectivity index (χ0) is 19.0. The van der Waals surface area contributed by atoms with Crippen LogP contribution in [0.25, 0.3) is 0 Å². The van der Waals surface area contributed by atoms with Crippen LogP contribution >= 0.6 is 0 Å². The van der Waals surface area contributed by atoms with E-state index in [1.807, 2.05) is 12.1 Å². The second-order valence-electron chi connectivity index (χ2n) is 7.80. The minimum atomic E-state index is -0.561. The Morgan fingerprint density at radius 3 is 2.85 bits per heavy atom. The molecule has 0 spiro atoms. The van der Waals surface area contributed by atoms with Crippen LogP contribution in [-0.2, 0) is 22.7 Å². The zero-order valence-corrected chi connectivity index (χ0v) is 15.6. The average Bonchev–Trinajstić information content (AvgIpc) is 2.97. The Balaban J connectivity index is 1.47. The molecule has 0 bridgehead atoms. The van der Waals surface area contributed by atoms with Crippen LogP contribution in [0.4, 0.5) is 0 Å². The summed E-state index contributed by atoms with van der Waals surface area (Å²) in [5, 5.41) is 9.43. The topological polar surface area (TPSA) is 90.5 Å². The van der Waals surface area contributed by atoms with Crippen LogP contribution in [-0.4, -0.2) is 47.3 Å². The molecule has 7 nitrogen and oxygen atoms in total. The molecule has 27 heavy (non-hydrogen) atoms. The van der Waals surface area contributed by atoms with E-state index in [1.165, 1.54) is 0 Å². The van der Waals surface area contributed by atoms with Gasteiger partial charge in [-0.2, -0.15) is 0 Å². The van der Waals surface area contributed by atoms with Gasteiger partial charge in [0.05, 0.1) is 0 Å². The quantitative estimate of drug-likeness (QED) is 0.678. The fourth-order valence-electron chi connectivity index (χ4n) is 4.39. The molecular formula is C20H26N4O3. The Bertz CT molecular complexity index is 778. The number of nitrogens with one attached hydrogen (secondary N) is 3. The van der Waals surface area contributed by atoms with E-state index in [2.05, 4.69) is 28.9 Å². The van der Waals surface area contributed by atoms with Gasteiger partial charge in [-0.15, -0.1) is 0 Å². The number of piperidine rings is 2. The number of carbonyl (C=O) groups is 3. The number of carbonyl (C=O) groups excluding carboxylic acids is 3. The summed E-state index contributed by atoms with van der Waals surface area (Å²) >= 11 is 0. The summed E-state index contributed by atoms with van der Waals surface area (Å²) in [6.07, 6.45) is 2.86. The lowest BCUT2D eigenvalue weighted by Crippen LogP contribution is -2.52. The number of fused-ring (bicyclic) bond motifs is 1. The standard InChI is InChI=1S/C20H26N4O3/c1-12-9-14(7-8-21-12)22-10-13-3-2-4-15-16(13)11-24(20(15)27)17-5-6-18(25)23-19(17)26/h2-4,12,14,17,21-22H,5-11H2,1H3,(H,23,25,26). The molecule has 0 saturated carbocycles. The first-order chi connectivity index (χ1) is 13.0. The summed E-state index contributed by atoms with van der Waals surface area (Å²) in [5.74, 6) is -0.742. The molecule has 0 radical (unpaired) electrons. The summed E-state index contributed by atoms with van der Waals surface area (Å²) in [5.41, 5.74) is 2.79. The molecule has 3 atom stereocenters. The highest BCUT2D eigenvalue weighted by Gasteiger charge is 2.39. The summed E-state index contributed by atoms with van der Waals surface area (Å²) < 4.78 is 0. The van der Waals surface area contributed by atoms with Crippen LogP contribution in [0.5, 0.6) is 0 Å². The van der Waals surface area contributed by atoms with Gasteiger partial charge < -0.3 is 15.5 Å². The number of hydrogen-bond acceptors (Lipinski definition) is 5. The van der Waals surface area contributed by atoms with Gasteiger partial charge in [-0.3, -0.25) is 19.7 Å². The van der Waals surface area contributed by atoms with Crippen molar-refractivity contribution in [2.75, 3.05) is 6.54 Å². The van der Waals surface area contributed by atoms with Crippen molar-refractivity contribution in [2.24, 2.45) is 0 Å². The lowest BCUT2D eigenvalue weighted by Gasteiger charge is -2.29. The predicted molar refractivity (Wildman–Crippen MR) is 99.8 cm³/mol. The SMILES string of the molecule is CC1CC(NCc2cccc3c2CN(C2CCC(=O)NC2=O)C3=O)CCN1. The van der Waals surface area contributed by atoms with Crippen LogP contribution in [0.2, 0.25) is 0 Å². The molecule has 0 aliphatic carbocycles. The normalized spacial score (nSPS) is 28.3. The zero-order valence-electron chi connectivity index (χ0n) is 15.6. The molecule has 2 fully saturated rings. The molecule has 1 aromatic rings. The lowest BCUT2D eigenvalue weighted by molar-refractivity contribution is -0.136. The number of nitrogens with zero attached hydrogens (tertiary/aromatic N) is 1. The highest BCUT2D eigenvalue weighted by molar-refractivity contribution is 6.05. The maximum Gasteiger partial charge on any atom is 0.255 e. The Hall–Kier alpha value is -2.25.